The van der Waals surface area contributed by atoms with Gasteiger partial charge in [-0.15, -0.1) is 0 Å². The first-order valence-corrected chi connectivity index (χ1v) is 10.2. The number of quaternary nitrogens is 1. The molecule has 1 saturated heterocycles. The van der Waals surface area contributed by atoms with Crippen LogP contribution < -0.4 is 15.1 Å². The molecule has 0 unspecified atom stereocenters. The zero-order valence-corrected chi connectivity index (χ0v) is 16.6. The minimum atomic E-state index is 0.0883. The number of thiazole rings is 1. The van der Waals surface area contributed by atoms with Gasteiger partial charge < -0.3 is 15.1 Å². The molecule has 0 saturated carbocycles. The molecule has 1 amide bonds. The van der Waals surface area contributed by atoms with Crippen LogP contribution >= 0.6 is 11.3 Å². The number of anilines is 2. The zero-order valence-electron chi connectivity index (χ0n) is 15.8. The minimum absolute atomic E-state index is 0.0883. The zero-order chi connectivity index (χ0) is 18.8. The van der Waals surface area contributed by atoms with Crippen molar-refractivity contribution in [3.63, 3.8) is 0 Å². The number of para-hydroxylation sites is 1. The number of fused-ring (bicyclic) bond motifs is 1. The normalized spacial score (nSPS) is 15.3. The van der Waals surface area contributed by atoms with Crippen LogP contribution in [0.2, 0.25) is 0 Å². The molecule has 0 aliphatic carbocycles. The van der Waals surface area contributed by atoms with E-state index in [-0.39, 0.29) is 5.91 Å². The molecule has 3 aromatic rings. The van der Waals surface area contributed by atoms with Gasteiger partial charge in [-0.05, 0) is 37.6 Å². The number of benzene rings is 2. The standard InChI is InChI=1S/C21H24N4OS/c1-15-7-8-17(16(2)13-15)22-20(26)14-24-9-11-25(12-10-24)21-23-18-5-3-4-6-19(18)27-21/h3-8,13H,9-12,14H2,1-2H3,(H,22,26)/p+1. The fraction of sp³-hybridized carbons (Fsp3) is 0.333. The van der Waals surface area contributed by atoms with E-state index in [9.17, 15) is 4.79 Å². The highest BCUT2D eigenvalue weighted by atomic mass is 32.1. The molecule has 0 radical (unpaired) electrons. The maximum absolute atomic E-state index is 12.4. The van der Waals surface area contributed by atoms with Crippen molar-refractivity contribution in [2.24, 2.45) is 0 Å². The molecule has 27 heavy (non-hydrogen) atoms. The van der Waals surface area contributed by atoms with E-state index in [1.807, 2.05) is 25.1 Å². The number of hydrogen-bond donors (Lipinski definition) is 2. The van der Waals surface area contributed by atoms with E-state index >= 15 is 0 Å². The predicted octanol–water partition coefficient (Wildman–Crippen LogP) is 2.26. The van der Waals surface area contributed by atoms with Crippen molar-refractivity contribution in [3.8, 4) is 0 Å². The van der Waals surface area contributed by atoms with Gasteiger partial charge in [-0.2, -0.15) is 0 Å². The molecule has 140 valence electrons. The van der Waals surface area contributed by atoms with E-state index in [0.29, 0.717) is 6.54 Å². The Morgan fingerprint density at radius 1 is 1.19 bits per heavy atom. The average molecular weight is 382 g/mol. The van der Waals surface area contributed by atoms with Crippen molar-refractivity contribution in [1.29, 1.82) is 0 Å². The van der Waals surface area contributed by atoms with Gasteiger partial charge in [-0.25, -0.2) is 4.98 Å². The highest BCUT2D eigenvalue weighted by molar-refractivity contribution is 7.22. The van der Waals surface area contributed by atoms with Crippen molar-refractivity contribution in [2.45, 2.75) is 13.8 Å². The van der Waals surface area contributed by atoms with E-state index in [0.717, 1.165) is 48.1 Å². The third kappa shape index (κ3) is 4.12. The SMILES string of the molecule is Cc1ccc(NC(=O)C[NH+]2CCN(c3nc4ccccc4s3)CC2)c(C)c1. The Labute approximate surface area is 163 Å². The van der Waals surface area contributed by atoms with E-state index in [1.54, 1.807) is 11.3 Å². The first-order chi connectivity index (χ1) is 13.1. The number of nitrogens with one attached hydrogen (secondary N) is 2. The number of piperazine rings is 1. The summed E-state index contributed by atoms with van der Waals surface area (Å²) in [6, 6.07) is 14.4. The molecule has 4 rings (SSSR count). The largest absolute Gasteiger partial charge is 0.337 e. The van der Waals surface area contributed by atoms with Crippen LogP contribution in [0.15, 0.2) is 42.5 Å². The second kappa shape index (κ2) is 7.66. The van der Waals surface area contributed by atoms with Crippen LogP contribution in [-0.2, 0) is 4.79 Å². The van der Waals surface area contributed by atoms with Crippen LogP contribution in [0.5, 0.6) is 0 Å². The molecule has 2 aromatic carbocycles. The Kier molecular flexibility index (Phi) is 5.09. The minimum Gasteiger partial charge on any atom is -0.337 e. The molecular formula is C21H25N4OS+. The van der Waals surface area contributed by atoms with Crippen LogP contribution in [0, 0.1) is 13.8 Å². The van der Waals surface area contributed by atoms with Gasteiger partial charge in [0.2, 0.25) is 0 Å². The Hall–Kier alpha value is -2.44. The number of carbonyl (C=O) groups excluding carboxylic acids is 1. The highest BCUT2D eigenvalue weighted by Gasteiger charge is 2.24. The molecule has 2 heterocycles. The maximum atomic E-state index is 12.4. The summed E-state index contributed by atoms with van der Waals surface area (Å²) in [5.41, 5.74) is 4.30. The lowest BCUT2D eigenvalue weighted by Crippen LogP contribution is -3.15. The van der Waals surface area contributed by atoms with Gasteiger partial charge in [-0.1, -0.05) is 41.2 Å². The van der Waals surface area contributed by atoms with Crippen LogP contribution in [0.1, 0.15) is 11.1 Å². The Bertz CT molecular complexity index is 927. The molecule has 5 nitrogen and oxygen atoms in total. The molecule has 2 N–H and O–H groups in total. The van der Waals surface area contributed by atoms with Crippen molar-refractivity contribution in [1.82, 2.24) is 4.98 Å². The van der Waals surface area contributed by atoms with Crippen LogP contribution in [-0.4, -0.2) is 43.6 Å². The Balaban J connectivity index is 1.31. The van der Waals surface area contributed by atoms with Gasteiger partial charge in [0.1, 0.15) is 0 Å². The van der Waals surface area contributed by atoms with Gasteiger partial charge in [0.15, 0.2) is 11.7 Å². The number of nitrogens with zero attached hydrogens (tertiary/aromatic N) is 2. The lowest BCUT2D eigenvalue weighted by atomic mass is 10.1. The fourth-order valence-electron chi connectivity index (χ4n) is 3.56. The summed E-state index contributed by atoms with van der Waals surface area (Å²) < 4.78 is 1.23. The summed E-state index contributed by atoms with van der Waals surface area (Å²) in [6.45, 7) is 8.39. The summed E-state index contributed by atoms with van der Waals surface area (Å²) in [5.74, 6) is 0.0883. The molecule has 1 aliphatic heterocycles. The molecule has 1 aromatic heterocycles. The summed E-state index contributed by atoms with van der Waals surface area (Å²) in [5, 5.41) is 4.15. The van der Waals surface area contributed by atoms with Crippen molar-refractivity contribution < 1.29 is 9.69 Å². The lowest BCUT2D eigenvalue weighted by molar-refractivity contribution is -0.892. The second-order valence-corrected chi connectivity index (χ2v) is 8.25. The Morgan fingerprint density at radius 2 is 1.96 bits per heavy atom. The van der Waals surface area contributed by atoms with Crippen molar-refractivity contribution >= 4 is 38.3 Å². The van der Waals surface area contributed by atoms with E-state index in [4.69, 9.17) is 4.98 Å². The third-order valence-corrected chi connectivity index (χ3v) is 6.19. The molecule has 0 bridgehead atoms. The topological polar surface area (TPSA) is 49.7 Å². The number of amides is 1. The van der Waals surface area contributed by atoms with Gasteiger partial charge >= 0.3 is 0 Å². The summed E-state index contributed by atoms with van der Waals surface area (Å²) in [6.07, 6.45) is 0. The smallest absolute Gasteiger partial charge is 0.279 e. The first kappa shape index (κ1) is 17.9. The quantitative estimate of drug-likeness (QED) is 0.729. The van der Waals surface area contributed by atoms with Crippen molar-refractivity contribution in [3.05, 3.63) is 53.6 Å². The Morgan fingerprint density at radius 3 is 2.70 bits per heavy atom. The third-order valence-electron chi connectivity index (χ3n) is 5.09. The highest BCUT2D eigenvalue weighted by Crippen LogP contribution is 2.28. The predicted molar refractivity (Wildman–Crippen MR) is 112 cm³/mol. The van der Waals surface area contributed by atoms with E-state index in [1.165, 1.54) is 15.2 Å². The number of rotatable bonds is 4. The van der Waals surface area contributed by atoms with Gasteiger partial charge in [0.25, 0.3) is 5.91 Å². The molecular weight excluding hydrogens is 356 g/mol. The second-order valence-electron chi connectivity index (χ2n) is 7.24. The summed E-state index contributed by atoms with van der Waals surface area (Å²) in [7, 11) is 0. The maximum Gasteiger partial charge on any atom is 0.279 e. The molecule has 0 atom stereocenters. The van der Waals surface area contributed by atoms with Crippen LogP contribution in [0.25, 0.3) is 10.2 Å². The lowest BCUT2D eigenvalue weighted by Gasteiger charge is -2.31. The molecule has 1 aliphatic rings. The van der Waals surface area contributed by atoms with Gasteiger partial charge in [0.05, 0.1) is 36.4 Å². The van der Waals surface area contributed by atoms with Crippen molar-refractivity contribution in [2.75, 3.05) is 42.9 Å². The summed E-state index contributed by atoms with van der Waals surface area (Å²) >= 11 is 1.75. The van der Waals surface area contributed by atoms with E-state index in [2.05, 4.69) is 41.4 Å². The van der Waals surface area contributed by atoms with Gasteiger partial charge in [-0.3, -0.25) is 4.79 Å². The van der Waals surface area contributed by atoms with Gasteiger partial charge in [0, 0.05) is 5.69 Å². The monoisotopic (exact) mass is 381 g/mol. The number of carbonyl (C=O) groups is 1. The molecule has 0 spiro atoms. The average Bonchev–Trinajstić information content (AvgIpc) is 3.09. The fourth-order valence-corrected chi connectivity index (χ4v) is 4.58. The number of aromatic nitrogens is 1. The molecule has 6 heteroatoms. The first-order valence-electron chi connectivity index (χ1n) is 9.40. The van der Waals surface area contributed by atoms with E-state index < -0.39 is 0 Å². The number of hydrogen-bond acceptors (Lipinski definition) is 4. The molecule has 1 fully saturated rings. The number of aryl methyl sites for hydroxylation is 2. The summed E-state index contributed by atoms with van der Waals surface area (Å²) in [4.78, 5) is 20.9. The van der Waals surface area contributed by atoms with Crippen LogP contribution in [0.3, 0.4) is 0 Å². The van der Waals surface area contributed by atoms with Crippen LogP contribution in [0.4, 0.5) is 10.8 Å².